The fourth-order valence-corrected chi connectivity index (χ4v) is 4.29. The number of carbonyl (C=O) groups excluding carboxylic acids is 1. The molecule has 38 heavy (non-hydrogen) atoms. The van der Waals surface area contributed by atoms with E-state index in [4.69, 9.17) is 28.4 Å². The molecule has 7 heteroatoms. The van der Waals surface area contributed by atoms with Crippen molar-refractivity contribution in [2.24, 2.45) is 0 Å². The van der Waals surface area contributed by atoms with E-state index in [1.54, 1.807) is 42.7 Å². The van der Waals surface area contributed by atoms with Crippen LogP contribution in [0.2, 0.25) is 0 Å². The molecule has 7 nitrogen and oxygen atoms in total. The molecule has 0 aliphatic heterocycles. The van der Waals surface area contributed by atoms with Gasteiger partial charge in [-0.25, -0.2) is 0 Å². The Bertz CT molecular complexity index is 1270. The minimum atomic E-state index is -0.0714. The molecule has 0 fully saturated rings. The average Bonchev–Trinajstić information content (AvgIpc) is 2.99. The lowest BCUT2D eigenvalue weighted by atomic mass is 9.97. The summed E-state index contributed by atoms with van der Waals surface area (Å²) in [6, 6.07) is 22.4. The van der Waals surface area contributed by atoms with Crippen molar-refractivity contribution >= 4 is 5.78 Å². The molecule has 0 N–H and O–H groups in total. The first-order valence-electron chi connectivity index (χ1n) is 11.8. The predicted octanol–water partition coefficient (Wildman–Crippen LogP) is 6.30. The summed E-state index contributed by atoms with van der Waals surface area (Å²) in [4.78, 5) is 13.2. The van der Waals surface area contributed by atoms with Crippen LogP contribution in [0.15, 0.2) is 72.8 Å². The van der Waals surface area contributed by atoms with E-state index in [0.717, 1.165) is 22.3 Å². The first kappa shape index (κ1) is 26.4. The van der Waals surface area contributed by atoms with Crippen LogP contribution < -0.4 is 28.4 Å². The van der Waals surface area contributed by atoms with Crippen molar-refractivity contribution < 1.29 is 33.2 Å². The monoisotopic (exact) mass is 514 g/mol. The van der Waals surface area contributed by atoms with E-state index < -0.39 is 0 Å². The quantitative estimate of drug-likeness (QED) is 0.230. The van der Waals surface area contributed by atoms with Gasteiger partial charge >= 0.3 is 0 Å². The second-order valence-corrected chi connectivity index (χ2v) is 8.31. The molecule has 0 radical (unpaired) electrons. The lowest BCUT2D eigenvalue weighted by Gasteiger charge is -2.14. The van der Waals surface area contributed by atoms with Crippen LogP contribution >= 0.6 is 0 Å². The number of carbonyl (C=O) groups is 1. The molecular weight excluding hydrogens is 484 g/mol. The second kappa shape index (κ2) is 11.6. The van der Waals surface area contributed by atoms with Gasteiger partial charge in [-0.1, -0.05) is 48.5 Å². The standard InChI is InChI=1S/C31H30O7/c1-33-25-15-23(16-26(34-2)30(25)37-5)19-7-11-21(12-8-19)29(32)22-13-9-20(10-14-22)24-17-27(35-3)31(38-6)28(18-24)36-4/h7-18H,1-6H3. The van der Waals surface area contributed by atoms with Gasteiger partial charge in [-0.15, -0.1) is 0 Å². The third-order valence-corrected chi connectivity index (χ3v) is 6.29. The van der Waals surface area contributed by atoms with Crippen LogP contribution in [0.3, 0.4) is 0 Å². The summed E-state index contributed by atoms with van der Waals surface area (Å²) in [7, 11) is 9.45. The van der Waals surface area contributed by atoms with Gasteiger partial charge < -0.3 is 28.4 Å². The van der Waals surface area contributed by atoms with E-state index >= 15 is 0 Å². The van der Waals surface area contributed by atoms with Gasteiger partial charge in [0.25, 0.3) is 0 Å². The van der Waals surface area contributed by atoms with Gasteiger partial charge in [0.15, 0.2) is 28.8 Å². The molecule has 196 valence electrons. The van der Waals surface area contributed by atoms with Crippen molar-refractivity contribution in [3.63, 3.8) is 0 Å². The van der Waals surface area contributed by atoms with Crippen molar-refractivity contribution in [1.29, 1.82) is 0 Å². The van der Waals surface area contributed by atoms with Crippen molar-refractivity contribution in [2.75, 3.05) is 42.7 Å². The lowest BCUT2D eigenvalue weighted by Crippen LogP contribution is -2.01. The van der Waals surface area contributed by atoms with Gasteiger partial charge in [-0.2, -0.15) is 0 Å². The fraction of sp³-hybridized carbons (Fsp3) is 0.194. The molecule has 0 spiro atoms. The largest absolute Gasteiger partial charge is 0.493 e. The smallest absolute Gasteiger partial charge is 0.203 e. The molecular formula is C31H30O7. The fourth-order valence-electron chi connectivity index (χ4n) is 4.29. The summed E-state index contributed by atoms with van der Waals surface area (Å²) >= 11 is 0. The molecule has 4 aromatic carbocycles. The highest BCUT2D eigenvalue weighted by atomic mass is 16.5. The van der Waals surface area contributed by atoms with Crippen LogP contribution in [0.1, 0.15) is 15.9 Å². The van der Waals surface area contributed by atoms with Crippen LogP contribution in [-0.4, -0.2) is 48.4 Å². The minimum absolute atomic E-state index is 0.0714. The molecule has 0 aromatic heterocycles. The van der Waals surface area contributed by atoms with Crippen LogP contribution in [0.5, 0.6) is 34.5 Å². The normalized spacial score (nSPS) is 10.5. The number of benzene rings is 4. The minimum Gasteiger partial charge on any atom is -0.493 e. The third kappa shape index (κ3) is 5.09. The van der Waals surface area contributed by atoms with Gasteiger partial charge in [-0.05, 0) is 46.5 Å². The first-order chi connectivity index (χ1) is 18.5. The van der Waals surface area contributed by atoms with Crippen LogP contribution in [-0.2, 0) is 0 Å². The average molecular weight is 515 g/mol. The Kier molecular flexibility index (Phi) is 8.06. The molecule has 0 aliphatic rings. The number of methoxy groups -OCH3 is 6. The van der Waals surface area contributed by atoms with E-state index in [2.05, 4.69) is 0 Å². The molecule has 0 aliphatic carbocycles. The van der Waals surface area contributed by atoms with E-state index in [0.29, 0.717) is 45.6 Å². The maximum absolute atomic E-state index is 13.2. The third-order valence-electron chi connectivity index (χ3n) is 6.29. The van der Waals surface area contributed by atoms with Gasteiger partial charge in [0.1, 0.15) is 0 Å². The summed E-state index contributed by atoms with van der Waals surface area (Å²) in [6.07, 6.45) is 0. The molecule has 0 unspecified atom stereocenters. The highest BCUT2D eigenvalue weighted by molar-refractivity contribution is 6.09. The van der Waals surface area contributed by atoms with Gasteiger partial charge in [0, 0.05) is 11.1 Å². The summed E-state index contributed by atoms with van der Waals surface area (Å²) in [6.45, 7) is 0. The molecule has 4 rings (SSSR count). The van der Waals surface area contributed by atoms with Crippen molar-refractivity contribution in [3.8, 4) is 56.8 Å². The highest BCUT2D eigenvalue weighted by Gasteiger charge is 2.17. The van der Waals surface area contributed by atoms with E-state index in [1.807, 2.05) is 72.8 Å². The maximum Gasteiger partial charge on any atom is 0.203 e. The Balaban J connectivity index is 1.58. The van der Waals surface area contributed by atoms with E-state index in [-0.39, 0.29) is 5.78 Å². The van der Waals surface area contributed by atoms with Gasteiger partial charge in [0.2, 0.25) is 11.5 Å². The van der Waals surface area contributed by atoms with Crippen LogP contribution in [0.4, 0.5) is 0 Å². The molecule has 0 atom stereocenters. The Morgan fingerprint density at radius 2 is 0.711 bits per heavy atom. The molecule has 0 amide bonds. The summed E-state index contributed by atoms with van der Waals surface area (Å²) in [5.74, 6) is 3.24. The number of hydrogen-bond acceptors (Lipinski definition) is 7. The molecule has 0 bridgehead atoms. The van der Waals surface area contributed by atoms with Crippen molar-refractivity contribution in [1.82, 2.24) is 0 Å². The van der Waals surface area contributed by atoms with E-state index in [1.165, 1.54) is 0 Å². The van der Waals surface area contributed by atoms with Crippen molar-refractivity contribution in [3.05, 3.63) is 83.9 Å². The van der Waals surface area contributed by atoms with Gasteiger partial charge in [0.05, 0.1) is 42.7 Å². The van der Waals surface area contributed by atoms with Crippen LogP contribution in [0, 0.1) is 0 Å². The lowest BCUT2D eigenvalue weighted by molar-refractivity contribution is 0.103. The number of rotatable bonds is 10. The molecule has 0 saturated carbocycles. The zero-order valence-corrected chi connectivity index (χ0v) is 22.3. The van der Waals surface area contributed by atoms with Crippen LogP contribution in [0.25, 0.3) is 22.3 Å². The summed E-state index contributed by atoms with van der Waals surface area (Å²) < 4.78 is 32.7. The summed E-state index contributed by atoms with van der Waals surface area (Å²) in [5, 5.41) is 0. The highest BCUT2D eigenvalue weighted by Crippen LogP contribution is 2.42. The number of ketones is 1. The second-order valence-electron chi connectivity index (χ2n) is 8.31. The predicted molar refractivity (Wildman–Crippen MR) is 147 cm³/mol. The maximum atomic E-state index is 13.2. The summed E-state index contributed by atoms with van der Waals surface area (Å²) in [5.41, 5.74) is 4.77. The molecule has 0 heterocycles. The Hall–Kier alpha value is -4.65. The van der Waals surface area contributed by atoms with E-state index in [9.17, 15) is 4.79 Å². The number of hydrogen-bond donors (Lipinski definition) is 0. The van der Waals surface area contributed by atoms with Gasteiger partial charge in [-0.3, -0.25) is 4.79 Å². The Morgan fingerprint density at radius 1 is 0.421 bits per heavy atom. The zero-order chi connectivity index (χ0) is 27.2. The molecule has 4 aromatic rings. The SMILES string of the molecule is COc1cc(-c2ccc(C(=O)c3ccc(-c4cc(OC)c(OC)c(OC)c4)cc3)cc2)cc(OC)c1OC. The topological polar surface area (TPSA) is 72.5 Å². The first-order valence-corrected chi connectivity index (χ1v) is 11.8. The molecule has 0 saturated heterocycles. The number of ether oxygens (including phenoxy) is 6. The van der Waals surface area contributed by atoms with Crippen molar-refractivity contribution in [2.45, 2.75) is 0 Å². The Labute approximate surface area is 222 Å². The Morgan fingerprint density at radius 3 is 0.947 bits per heavy atom. The zero-order valence-electron chi connectivity index (χ0n) is 22.3.